The van der Waals surface area contributed by atoms with E-state index < -0.39 is 0 Å². The highest BCUT2D eigenvalue weighted by Gasteiger charge is 2.15. The average Bonchev–Trinajstić information content (AvgIpc) is 2.73. The van der Waals surface area contributed by atoms with E-state index in [0.717, 1.165) is 13.6 Å². The van der Waals surface area contributed by atoms with E-state index in [4.69, 9.17) is 14.7 Å². The first kappa shape index (κ1) is 23.2. The molecule has 1 aromatic heterocycles. The lowest BCUT2D eigenvalue weighted by Gasteiger charge is -2.13. The molecule has 0 saturated heterocycles. The quantitative estimate of drug-likeness (QED) is 0.281. The third-order valence-corrected chi connectivity index (χ3v) is 5.58. The maximum absolute atomic E-state index is 13.1. The predicted octanol–water partition coefficient (Wildman–Crippen LogP) is 5.07. The average molecular weight is 595 g/mol. The molecule has 0 N–H and O–H groups in total. The standard InChI is InChI=1S/C22H20BrIN4O3/c1-4-30-19-10-14(9-17(24)20(19)31-8-7-25)12-26-28-21(13(2)3)27-18-6-5-15(23)11-16(18)22(28)29/h5-6,9-13H,4,8H2,1-3H3. The van der Waals surface area contributed by atoms with E-state index in [9.17, 15) is 4.79 Å². The minimum Gasteiger partial charge on any atom is -0.490 e. The molecule has 0 amide bonds. The van der Waals surface area contributed by atoms with Gasteiger partial charge in [-0.2, -0.15) is 15.0 Å². The molecule has 31 heavy (non-hydrogen) atoms. The van der Waals surface area contributed by atoms with Crippen molar-refractivity contribution in [3.8, 4) is 17.6 Å². The van der Waals surface area contributed by atoms with Crippen LogP contribution in [-0.4, -0.2) is 29.1 Å². The predicted molar refractivity (Wildman–Crippen MR) is 132 cm³/mol. The first-order chi connectivity index (χ1) is 14.8. The summed E-state index contributed by atoms with van der Waals surface area (Å²) in [6.07, 6.45) is 1.59. The summed E-state index contributed by atoms with van der Waals surface area (Å²) in [4.78, 5) is 17.8. The Hall–Kier alpha value is -2.45. The molecule has 0 aliphatic rings. The summed E-state index contributed by atoms with van der Waals surface area (Å²) in [6.45, 7) is 6.18. The van der Waals surface area contributed by atoms with Crippen LogP contribution >= 0.6 is 38.5 Å². The number of nitrogens with zero attached hydrogens (tertiary/aromatic N) is 4. The van der Waals surface area contributed by atoms with E-state index in [1.165, 1.54) is 4.68 Å². The minimum absolute atomic E-state index is 0.00113. The van der Waals surface area contributed by atoms with Crippen molar-refractivity contribution < 1.29 is 9.47 Å². The smallest absolute Gasteiger partial charge is 0.282 e. The van der Waals surface area contributed by atoms with Crippen molar-refractivity contribution in [2.75, 3.05) is 13.2 Å². The van der Waals surface area contributed by atoms with Gasteiger partial charge in [0.05, 0.1) is 27.3 Å². The molecule has 2 aromatic carbocycles. The van der Waals surface area contributed by atoms with Crippen LogP contribution in [-0.2, 0) is 0 Å². The van der Waals surface area contributed by atoms with Gasteiger partial charge in [-0.25, -0.2) is 4.98 Å². The molecule has 0 spiro atoms. The number of hydrogen-bond acceptors (Lipinski definition) is 6. The second-order valence-electron chi connectivity index (χ2n) is 6.86. The molecule has 0 atom stereocenters. The molecule has 0 aliphatic carbocycles. The topological polar surface area (TPSA) is 89.5 Å². The molecule has 0 fully saturated rings. The summed E-state index contributed by atoms with van der Waals surface area (Å²) in [5.74, 6) is 1.60. The summed E-state index contributed by atoms with van der Waals surface area (Å²) in [5, 5.41) is 13.8. The molecular weight excluding hydrogens is 575 g/mol. The second-order valence-corrected chi connectivity index (χ2v) is 8.94. The number of nitriles is 1. The zero-order valence-electron chi connectivity index (χ0n) is 17.2. The number of halogens is 2. The molecule has 9 heteroatoms. The largest absolute Gasteiger partial charge is 0.490 e. The number of rotatable bonds is 7. The molecule has 3 rings (SSSR count). The Morgan fingerprint density at radius 3 is 2.77 bits per heavy atom. The van der Waals surface area contributed by atoms with E-state index >= 15 is 0 Å². The zero-order valence-corrected chi connectivity index (χ0v) is 21.0. The summed E-state index contributed by atoms with van der Waals surface area (Å²) in [7, 11) is 0. The van der Waals surface area contributed by atoms with Crippen molar-refractivity contribution in [1.82, 2.24) is 9.66 Å². The number of hydrogen-bond donors (Lipinski definition) is 0. The van der Waals surface area contributed by atoms with Crippen LogP contribution in [0.1, 0.15) is 38.1 Å². The van der Waals surface area contributed by atoms with Crippen LogP contribution in [0.4, 0.5) is 0 Å². The van der Waals surface area contributed by atoms with Crippen molar-refractivity contribution in [2.45, 2.75) is 26.7 Å². The van der Waals surface area contributed by atoms with Gasteiger partial charge in [0.25, 0.3) is 5.56 Å². The van der Waals surface area contributed by atoms with Crippen LogP contribution < -0.4 is 15.0 Å². The first-order valence-electron chi connectivity index (χ1n) is 9.58. The Balaban J connectivity index is 2.10. The Kier molecular flexibility index (Phi) is 7.67. The lowest BCUT2D eigenvalue weighted by atomic mass is 10.2. The van der Waals surface area contributed by atoms with Crippen molar-refractivity contribution in [1.29, 1.82) is 5.26 Å². The van der Waals surface area contributed by atoms with Gasteiger partial charge in [0.1, 0.15) is 11.9 Å². The van der Waals surface area contributed by atoms with Gasteiger partial charge in [0.2, 0.25) is 0 Å². The second kappa shape index (κ2) is 10.2. The molecule has 3 aromatic rings. The van der Waals surface area contributed by atoms with Crippen molar-refractivity contribution in [3.63, 3.8) is 0 Å². The highest BCUT2D eigenvalue weighted by molar-refractivity contribution is 14.1. The van der Waals surface area contributed by atoms with Gasteiger partial charge in [-0.05, 0) is 65.4 Å². The van der Waals surface area contributed by atoms with Crippen LogP contribution in [0.15, 0.2) is 44.7 Å². The van der Waals surface area contributed by atoms with E-state index in [-0.39, 0.29) is 18.1 Å². The summed E-state index contributed by atoms with van der Waals surface area (Å²) in [5.41, 5.74) is 1.13. The van der Waals surface area contributed by atoms with E-state index in [2.05, 4.69) is 48.6 Å². The van der Waals surface area contributed by atoms with Gasteiger partial charge in [0, 0.05) is 10.4 Å². The van der Waals surface area contributed by atoms with Gasteiger partial charge in [-0.15, -0.1) is 0 Å². The highest BCUT2D eigenvalue weighted by Crippen LogP contribution is 2.34. The third-order valence-electron chi connectivity index (χ3n) is 4.28. The summed E-state index contributed by atoms with van der Waals surface area (Å²) in [6, 6.07) is 11.0. The SMILES string of the molecule is CCOc1cc(C=Nn2c(C(C)C)nc3ccc(Br)cc3c2=O)cc(I)c1OCC#N. The molecule has 0 aliphatic heterocycles. The maximum atomic E-state index is 13.1. The van der Waals surface area contributed by atoms with Crippen LogP contribution in [0.5, 0.6) is 11.5 Å². The van der Waals surface area contributed by atoms with Gasteiger partial charge in [-0.1, -0.05) is 29.8 Å². The molecule has 0 saturated carbocycles. The number of benzene rings is 2. The minimum atomic E-state index is -0.236. The Morgan fingerprint density at radius 2 is 2.10 bits per heavy atom. The van der Waals surface area contributed by atoms with E-state index in [1.807, 2.05) is 45.0 Å². The molecule has 7 nitrogen and oxygen atoms in total. The summed E-state index contributed by atoms with van der Waals surface area (Å²) < 4.78 is 14.1. The third kappa shape index (κ3) is 5.25. The normalized spacial score (nSPS) is 11.3. The van der Waals surface area contributed by atoms with Crippen LogP contribution in [0.3, 0.4) is 0 Å². The van der Waals surface area contributed by atoms with Gasteiger partial charge >= 0.3 is 0 Å². The fourth-order valence-electron chi connectivity index (χ4n) is 2.95. The Labute approximate surface area is 202 Å². The fraction of sp³-hybridized carbons (Fsp3) is 0.273. The Morgan fingerprint density at radius 1 is 1.32 bits per heavy atom. The monoisotopic (exact) mass is 594 g/mol. The van der Waals surface area contributed by atoms with E-state index in [1.54, 1.807) is 18.3 Å². The molecule has 1 heterocycles. The van der Waals surface area contributed by atoms with Crippen molar-refractivity contribution >= 4 is 55.6 Å². The number of ether oxygens (including phenoxy) is 2. The molecular formula is C22H20BrIN4O3. The highest BCUT2D eigenvalue weighted by atomic mass is 127. The number of aromatic nitrogens is 2. The molecule has 160 valence electrons. The first-order valence-corrected chi connectivity index (χ1v) is 11.5. The van der Waals surface area contributed by atoms with Gasteiger partial charge < -0.3 is 9.47 Å². The van der Waals surface area contributed by atoms with Crippen LogP contribution in [0.2, 0.25) is 0 Å². The maximum Gasteiger partial charge on any atom is 0.282 e. The summed E-state index contributed by atoms with van der Waals surface area (Å²) >= 11 is 5.53. The lowest BCUT2D eigenvalue weighted by molar-refractivity contribution is 0.297. The Bertz CT molecular complexity index is 1250. The van der Waals surface area contributed by atoms with E-state index in [0.29, 0.717) is 34.8 Å². The van der Waals surface area contributed by atoms with Gasteiger partial charge in [-0.3, -0.25) is 4.79 Å². The van der Waals surface area contributed by atoms with Crippen molar-refractivity contribution in [2.24, 2.45) is 5.10 Å². The van der Waals surface area contributed by atoms with Crippen LogP contribution in [0, 0.1) is 14.9 Å². The van der Waals surface area contributed by atoms with Crippen LogP contribution in [0.25, 0.3) is 10.9 Å². The van der Waals surface area contributed by atoms with Gasteiger partial charge in [0.15, 0.2) is 18.1 Å². The van der Waals surface area contributed by atoms with Crippen molar-refractivity contribution in [3.05, 3.63) is 60.1 Å². The zero-order chi connectivity index (χ0) is 22.5. The molecule has 0 radical (unpaired) electrons. The molecule has 0 unspecified atom stereocenters. The molecule has 0 bridgehead atoms. The lowest BCUT2D eigenvalue weighted by Crippen LogP contribution is -2.23. The number of fused-ring (bicyclic) bond motifs is 1. The fourth-order valence-corrected chi connectivity index (χ4v) is 4.09.